The van der Waals surface area contributed by atoms with Crippen LogP contribution in [0.15, 0.2) is 59.8 Å². The maximum absolute atomic E-state index is 13.1. The van der Waals surface area contributed by atoms with Crippen LogP contribution in [0.1, 0.15) is 18.4 Å². The van der Waals surface area contributed by atoms with Crippen molar-refractivity contribution in [2.75, 3.05) is 37.6 Å². The van der Waals surface area contributed by atoms with Crippen LogP contribution >= 0.6 is 12.4 Å². The number of rotatable bonds is 6. The Morgan fingerprint density at radius 2 is 1.65 bits per heavy atom. The minimum absolute atomic E-state index is 0. The molecule has 0 radical (unpaired) electrons. The van der Waals surface area contributed by atoms with E-state index in [2.05, 4.69) is 19.8 Å². The molecule has 34 heavy (non-hydrogen) atoms. The highest BCUT2D eigenvalue weighted by atomic mass is 35.5. The van der Waals surface area contributed by atoms with Crippen molar-refractivity contribution in [3.05, 3.63) is 76.7 Å². The van der Waals surface area contributed by atoms with Crippen molar-refractivity contribution >= 4 is 39.9 Å². The second-order valence-corrected chi connectivity index (χ2v) is 8.80. The van der Waals surface area contributed by atoms with Gasteiger partial charge < -0.3 is 4.90 Å². The van der Waals surface area contributed by atoms with Crippen molar-refractivity contribution in [1.82, 2.24) is 19.4 Å². The molecule has 0 spiro atoms. The number of hydrogen-bond acceptors (Lipinski definition) is 5. The number of fused-ring (bicyclic) bond motifs is 3. The summed E-state index contributed by atoms with van der Waals surface area (Å²) in [4.78, 5) is 26.8. The molecule has 0 N–H and O–H groups in total. The predicted molar refractivity (Wildman–Crippen MR) is 138 cm³/mol. The molecule has 6 nitrogen and oxygen atoms in total. The van der Waals surface area contributed by atoms with Gasteiger partial charge in [0.1, 0.15) is 5.82 Å². The maximum atomic E-state index is 13.1. The highest BCUT2D eigenvalue weighted by Crippen LogP contribution is 2.20. The van der Waals surface area contributed by atoms with Gasteiger partial charge in [-0.2, -0.15) is 0 Å². The number of halogens is 2. The van der Waals surface area contributed by atoms with Crippen LogP contribution < -0.4 is 10.5 Å². The Balaban J connectivity index is 0.00000274. The zero-order valence-electron chi connectivity index (χ0n) is 19.3. The predicted octanol–water partition coefficient (Wildman–Crippen LogP) is 4.42. The molecule has 1 aliphatic rings. The summed E-state index contributed by atoms with van der Waals surface area (Å²) < 4.78 is 14.8. The van der Waals surface area contributed by atoms with Crippen LogP contribution in [0.5, 0.6) is 0 Å². The smallest absolute Gasteiger partial charge is 0.262 e. The Bertz CT molecular complexity index is 1330. The molecular weight excluding hydrogens is 453 g/mol. The number of unbranched alkanes of at least 4 members (excludes halogenated alkanes) is 1. The fourth-order valence-electron chi connectivity index (χ4n) is 4.58. The van der Waals surface area contributed by atoms with Gasteiger partial charge in [-0.1, -0.05) is 12.1 Å². The van der Waals surface area contributed by atoms with Gasteiger partial charge >= 0.3 is 0 Å². The lowest BCUT2D eigenvalue weighted by Gasteiger charge is -2.36. The molecule has 4 aromatic rings. The minimum atomic E-state index is -0.196. The number of hydrogen-bond donors (Lipinski definition) is 0. The number of benzene rings is 2. The van der Waals surface area contributed by atoms with Gasteiger partial charge in [0.25, 0.3) is 5.56 Å². The second-order valence-electron chi connectivity index (χ2n) is 8.80. The largest absolute Gasteiger partial charge is 0.369 e. The second kappa shape index (κ2) is 10.5. The topological polar surface area (TPSA) is 54.3 Å². The summed E-state index contributed by atoms with van der Waals surface area (Å²) in [5.41, 5.74) is 3.78. The summed E-state index contributed by atoms with van der Waals surface area (Å²) in [7, 11) is 0. The fraction of sp³-hybridized carbons (Fsp3) is 0.346. The highest BCUT2D eigenvalue weighted by Gasteiger charge is 2.17. The van der Waals surface area contributed by atoms with E-state index in [1.165, 1.54) is 12.1 Å². The molecule has 5 rings (SSSR count). The zero-order chi connectivity index (χ0) is 22.8. The first-order valence-electron chi connectivity index (χ1n) is 11.6. The molecule has 0 bridgehead atoms. The quantitative estimate of drug-likeness (QED) is 0.301. The van der Waals surface area contributed by atoms with Crippen LogP contribution in [0.25, 0.3) is 21.8 Å². The first kappa shape index (κ1) is 24.1. The first-order valence-corrected chi connectivity index (χ1v) is 11.6. The number of nitrogens with zero attached hydrogens (tertiary/aromatic N) is 5. The lowest BCUT2D eigenvalue weighted by atomic mass is 10.1. The van der Waals surface area contributed by atoms with Crippen molar-refractivity contribution < 1.29 is 4.39 Å². The summed E-state index contributed by atoms with van der Waals surface area (Å²) in [5, 5.41) is 1.49. The SMILES string of the molecule is Cc1ccc2c(c1)ncc1c(=O)n(CCCCN3CCN(c4ccc(F)cc4)CC3)cnc12.Cl. The van der Waals surface area contributed by atoms with Crippen LogP contribution in [0.3, 0.4) is 0 Å². The number of pyridine rings is 1. The van der Waals surface area contributed by atoms with Crippen LogP contribution in [0, 0.1) is 12.7 Å². The van der Waals surface area contributed by atoms with Crippen molar-refractivity contribution in [2.45, 2.75) is 26.3 Å². The van der Waals surface area contributed by atoms with Gasteiger partial charge in [-0.15, -0.1) is 12.4 Å². The number of aryl methyl sites for hydroxylation is 2. The van der Waals surface area contributed by atoms with E-state index in [1.54, 1.807) is 17.1 Å². The first-order chi connectivity index (χ1) is 16.1. The van der Waals surface area contributed by atoms with Gasteiger partial charge in [-0.3, -0.25) is 19.2 Å². The van der Waals surface area contributed by atoms with Gasteiger partial charge in [0, 0.05) is 50.0 Å². The van der Waals surface area contributed by atoms with E-state index in [0.717, 1.165) is 73.2 Å². The molecule has 0 unspecified atom stereocenters. The summed E-state index contributed by atoms with van der Waals surface area (Å²) in [5.74, 6) is -0.196. The van der Waals surface area contributed by atoms with E-state index in [9.17, 15) is 9.18 Å². The summed E-state index contributed by atoms with van der Waals surface area (Å²) >= 11 is 0. The molecule has 1 aliphatic heterocycles. The van der Waals surface area contributed by atoms with E-state index in [4.69, 9.17) is 0 Å². The summed E-state index contributed by atoms with van der Waals surface area (Å²) in [6.07, 6.45) is 5.27. The highest BCUT2D eigenvalue weighted by molar-refractivity contribution is 6.02. The Morgan fingerprint density at radius 1 is 0.912 bits per heavy atom. The van der Waals surface area contributed by atoms with Crippen LogP contribution in [-0.4, -0.2) is 52.2 Å². The molecule has 8 heteroatoms. The van der Waals surface area contributed by atoms with E-state index in [-0.39, 0.29) is 23.8 Å². The van der Waals surface area contributed by atoms with Crippen LogP contribution in [-0.2, 0) is 6.54 Å². The molecule has 3 heterocycles. The molecule has 2 aromatic carbocycles. The Labute approximate surface area is 204 Å². The third kappa shape index (κ3) is 5.05. The lowest BCUT2D eigenvalue weighted by Crippen LogP contribution is -2.46. The third-order valence-corrected chi connectivity index (χ3v) is 6.50. The van der Waals surface area contributed by atoms with Crippen molar-refractivity contribution in [2.24, 2.45) is 0 Å². The fourth-order valence-corrected chi connectivity index (χ4v) is 4.58. The zero-order valence-corrected chi connectivity index (χ0v) is 20.1. The summed E-state index contributed by atoms with van der Waals surface area (Å²) in [6.45, 7) is 7.57. The maximum Gasteiger partial charge on any atom is 0.262 e. The van der Waals surface area contributed by atoms with Crippen LogP contribution in [0.4, 0.5) is 10.1 Å². The molecular formula is C26H29ClFN5O. The molecule has 178 valence electrons. The molecule has 1 fully saturated rings. The molecule has 0 aliphatic carbocycles. The molecule has 0 saturated carbocycles. The van der Waals surface area contributed by atoms with Crippen LogP contribution in [0.2, 0.25) is 0 Å². The molecule has 0 atom stereocenters. The Morgan fingerprint density at radius 3 is 2.41 bits per heavy atom. The number of piperazine rings is 1. The normalized spacial score (nSPS) is 14.5. The monoisotopic (exact) mass is 481 g/mol. The third-order valence-electron chi connectivity index (χ3n) is 6.50. The average molecular weight is 482 g/mol. The Hall–Kier alpha value is -3.03. The van der Waals surface area contributed by atoms with E-state index in [1.807, 2.05) is 37.3 Å². The molecule has 2 aromatic heterocycles. The lowest BCUT2D eigenvalue weighted by molar-refractivity contribution is 0.251. The van der Waals surface area contributed by atoms with Gasteiger partial charge in [0.15, 0.2) is 0 Å². The number of aromatic nitrogens is 3. The van der Waals surface area contributed by atoms with Gasteiger partial charge in [-0.05, 0) is 62.2 Å². The minimum Gasteiger partial charge on any atom is -0.369 e. The van der Waals surface area contributed by atoms with E-state index < -0.39 is 0 Å². The molecule has 1 saturated heterocycles. The van der Waals surface area contributed by atoms with Gasteiger partial charge in [0.2, 0.25) is 0 Å². The van der Waals surface area contributed by atoms with Crippen molar-refractivity contribution in [3.63, 3.8) is 0 Å². The van der Waals surface area contributed by atoms with E-state index in [0.29, 0.717) is 11.9 Å². The van der Waals surface area contributed by atoms with Crippen molar-refractivity contribution in [3.8, 4) is 0 Å². The van der Waals surface area contributed by atoms with Crippen molar-refractivity contribution in [1.29, 1.82) is 0 Å². The molecule has 0 amide bonds. The van der Waals surface area contributed by atoms with E-state index >= 15 is 0 Å². The van der Waals surface area contributed by atoms with Gasteiger partial charge in [0.05, 0.1) is 22.7 Å². The Kier molecular flexibility index (Phi) is 7.44. The number of anilines is 1. The standard InChI is InChI=1S/C26H28FN5O.ClH/c1-19-4-9-22-24(16-19)28-17-23-25(22)29-18-32(26(23)33)11-3-2-10-30-12-14-31(15-13-30)21-7-5-20(27)6-8-21;/h4-9,16-18H,2-3,10-15H2,1H3;1H. The average Bonchev–Trinajstić information content (AvgIpc) is 2.83. The van der Waals surface area contributed by atoms with Gasteiger partial charge in [-0.25, -0.2) is 9.37 Å². The summed E-state index contributed by atoms with van der Waals surface area (Å²) in [6, 6.07) is 12.8.